The van der Waals surface area contributed by atoms with Crippen molar-refractivity contribution in [1.82, 2.24) is 10.6 Å². The van der Waals surface area contributed by atoms with E-state index in [1.807, 2.05) is 18.2 Å². The lowest BCUT2D eigenvalue weighted by Crippen LogP contribution is -2.53. The Kier molecular flexibility index (Phi) is 5.73. The van der Waals surface area contributed by atoms with Crippen LogP contribution in [0.4, 0.5) is 0 Å². The highest BCUT2D eigenvalue weighted by Gasteiger charge is 2.28. The molecule has 1 fully saturated rings. The number of amides is 1. The lowest BCUT2D eigenvalue weighted by molar-refractivity contribution is -0.126. The molecule has 1 saturated heterocycles. The van der Waals surface area contributed by atoms with Crippen molar-refractivity contribution in [3.05, 3.63) is 35.9 Å². The van der Waals surface area contributed by atoms with E-state index in [-0.39, 0.29) is 18.6 Å². The van der Waals surface area contributed by atoms with Crippen LogP contribution in [0.5, 0.6) is 0 Å². The number of hydrogen-bond acceptors (Lipinski definition) is 4. The van der Waals surface area contributed by atoms with Gasteiger partial charge in [-0.1, -0.05) is 37.3 Å². The molecule has 1 aliphatic rings. The van der Waals surface area contributed by atoms with E-state index < -0.39 is 12.1 Å². The van der Waals surface area contributed by atoms with Gasteiger partial charge in [-0.2, -0.15) is 0 Å². The third-order valence-corrected chi connectivity index (χ3v) is 4.03. The summed E-state index contributed by atoms with van der Waals surface area (Å²) in [4.78, 5) is 12.3. The summed E-state index contributed by atoms with van der Waals surface area (Å²) in [5.74, 6) is 0.351. The highest BCUT2D eigenvalue weighted by atomic mass is 16.3. The Bertz CT molecular complexity index is 452. The molecule has 5 nitrogen and oxygen atoms in total. The summed E-state index contributed by atoms with van der Waals surface area (Å²) < 4.78 is 0. The molecule has 1 aliphatic heterocycles. The molecule has 0 saturated carbocycles. The molecule has 1 heterocycles. The zero-order chi connectivity index (χ0) is 15.2. The van der Waals surface area contributed by atoms with Gasteiger partial charge >= 0.3 is 0 Å². The van der Waals surface area contributed by atoms with Crippen molar-refractivity contribution in [2.24, 2.45) is 5.92 Å². The van der Waals surface area contributed by atoms with E-state index in [2.05, 4.69) is 17.6 Å². The van der Waals surface area contributed by atoms with Gasteiger partial charge in [-0.3, -0.25) is 4.79 Å². The molecular weight excluding hydrogens is 268 g/mol. The summed E-state index contributed by atoms with van der Waals surface area (Å²) >= 11 is 0. The Labute approximate surface area is 125 Å². The number of benzene rings is 1. The van der Waals surface area contributed by atoms with Gasteiger partial charge in [0.2, 0.25) is 5.91 Å². The maximum atomic E-state index is 12.3. The SMILES string of the molecule is C[C@@H]1CCN[C@H](C(=O)N[C@@H](CO)[C@@H](O)c2ccccc2)C1. The molecule has 116 valence electrons. The lowest BCUT2D eigenvalue weighted by Gasteiger charge is -2.30. The topological polar surface area (TPSA) is 81.6 Å². The lowest BCUT2D eigenvalue weighted by atomic mass is 9.93. The van der Waals surface area contributed by atoms with E-state index in [1.165, 1.54) is 0 Å². The first-order valence-corrected chi connectivity index (χ1v) is 7.49. The molecule has 5 heteroatoms. The van der Waals surface area contributed by atoms with Gasteiger partial charge in [0.1, 0.15) is 6.10 Å². The molecule has 21 heavy (non-hydrogen) atoms. The van der Waals surface area contributed by atoms with Crippen molar-refractivity contribution in [2.75, 3.05) is 13.2 Å². The zero-order valence-electron chi connectivity index (χ0n) is 12.3. The first-order chi connectivity index (χ1) is 10.1. The number of aliphatic hydroxyl groups is 2. The summed E-state index contributed by atoms with van der Waals surface area (Å²) in [7, 11) is 0. The Morgan fingerprint density at radius 2 is 2.14 bits per heavy atom. The van der Waals surface area contributed by atoms with Gasteiger partial charge in [-0.25, -0.2) is 0 Å². The average molecular weight is 292 g/mol. The van der Waals surface area contributed by atoms with Crippen molar-refractivity contribution in [1.29, 1.82) is 0 Å². The molecule has 1 aromatic carbocycles. The molecule has 0 unspecified atom stereocenters. The molecule has 0 aliphatic carbocycles. The standard InChI is InChI=1S/C16H24N2O3/c1-11-7-8-17-13(9-11)16(21)18-14(10-19)15(20)12-5-3-2-4-6-12/h2-6,11,13-15,17,19-20H,7-10H2,1H3,(H,18,21)/t11-,13+,14+,15+/m1/s1. The Morgan fingerprint density at radius 3 is 2.76 bits per heavy atom. The highest BCUT2D eigenvalue weighted by Crippen LogP contribution is 2.18. The van der Waals surface area contributed by atoms with Crippen molar-refractivity contribution in [3.63, 3.8) is 0 Å². The van der Waals surface area contributed by atoms with E-state index >= 15 is 0 Å². The largest absolute Gasteiger partial charge is 0.394 e. The quantitative estimate of drug-likeness (QED) is 0.640. The summed E-state index contributed by atoms with van der Waals surface area (Å²) in [6, 6.07) is 8.11. The van der Waals surface area contributed by atoms with Crippen LogP contribution in [0.25, 0.3) is 0 Å². The van der Waals surface area contributed by atoms with Crippen LogP contribution in [0.3, 0.4) is 0 Å². The average Bonchev–Trinajstić information content (AvgIpc) is 2.52. The number of piperidine rings is 1. The maximum Gasteiger partial charge on any atom is 0.237 e. The second-order valence-corrected chi connectivity index (χ2v) is 5.79. The van der Waals surface area contributed by atoms with Gasteiger partial charge in [0.15, 0.2) is 0 Å². The van der Waals surface area contributed by atoms with Crippen LogP contribution in [-0.4, -0.2) is 41.4 Å². The van der Waals surface area contributed by atoms with Crippen LogP contribution < -0.4 is 10.6 Å². The fourth-order valence-corrected chi connectivity index (χ4v) is 2.70. The van der Waals surface area contributed by atoms with Gasteiger partial charge in [-0.15, -0.1) is 0 Å². The van der Waals surface area contributed by atoms with Gasteiger partial charge < -0.3 is 20.8 Å². The van der Waals surface area contributed by atoms with E-state index in [1.54, 1.807) is 12.1 Å². The predicted molar refractivity (Wildman–Crippen MR) is 80.6 cm³/mol. The predicted octanol–water partition coefficient (Wildman–Crippen LogP) is 0.585. The molecule has 1 aromatic rings. The number of carbonyl (C=O) groups is 1. The van der Waals surface area contributed by atoms with Crippen LogP contribution in [0.1, 0.15) is 31.4 Å². The van der Waals surface area contributed by atoms with Crippen LogP contribution in [-0.2, 0) is 4.79 Å². The summed E-state index contributed by atoms with van der Waals surface area (Å²) in [5, 5.41) is 25.7. The van der Waals surface area contributed by atoms with Crippen molar-refractivity contribution in [3.8, 4) is 0 Å². The third-order valence-electron chi connectivity index (χ3n) is 4.03. The molecular formula is C16H24N2O3. The van der Waals surface area contributed by atoms with Crippen molar-refractivity contribution >= 4 is 5.91 Å². The number of hydrogen-bond donors (Lipinski definition) is 4. The number of rotatable bonds is 5. The van der Waals surface area contributed by atoms with Gasteiger partial charge in [0, 0.05) is 0 Å². The minimum atomic E-state index is -0.916. The fourth-order valence-electron chi connectivity index (χ4n) is 2.70. The van der Waals surface area contributed by atoms with Gasteiger partial charge in [0.05, 0.1) is 18.7 Å². The maximum absolute atomic E-state index is 12.3. The van der Waals surface area contributed by atoms with Crippen LogP contribution in [0.2, 0.25) is 0 Å². The second kappa shape index (κ2) is 7.54. The smallest absolute Gasteiger partial charge is 0.237 e. The minimum Gasteiger partial charge on any atom is -0.394 e. The van der Waals surface area contributed by atoms with Crippen LogP contribution in [0.15, 0.2) is 30.3 Å². The van der Waals surface area contributed by atoms with E-state index in [0.717, 1.165) is 19.4 Å². The second-order valence-electron chi connectivity index (χ2n) is 5.79. The summed E-state index contributed by atoms with van der Waals surface area (Å²) in [5.41, 5.74) is 0.682. The molecule has 0 spiro atoms. The van der Waals surface area contributed by atoms with Crippen molar-refractivity contribution in [2.45, 2.75) is 38.0 Å². The molecule has 0 radical (unpaired) electrons. The fraction of sp³-hybridized carbons (Fsp3) is 0.562. The van der Waals surface area contributed by atoms with E-state index in [4.69, 9.17) is 0 Å². The number of carbonyl (C=O) groups excluding carboxylic acids is 1. The number of nitrogens with one attached hydrogen (secondary N) is 2. The summed E-state index contributed by atoms with van der Waals surface area (Å²) in [6.07, 6.45) is 0.937. The minimum absolute atomic E-state index is 0.157. The Hall–Kier alpha value is -1.43. The molecule has 1 amide bonds. The van der Waals surface area contributed by atoms with Crippen LogP contribution >= 0.6 is 0 Å². The summed E-state index contributed by atoms with van der Waals surface area (Å²) in [6.45, 7) is 2.65. The normalized spacial score (nSPS) is 25.1. The first-order valence-electron chi connectivity index (χ1n) is 7.49. The third kappa shape index (κ3) is 4.27. The van der Waals surface area contributed by atoms with Crippen LogP contribution in [0, 0.1) is 5.92 Å². The monoisotopic (exact) mass is 292 g/mol. The van der Waals surface area contributed by atoms with Crippen molar-refractivity contribution < 1.29 is 15.0 Å². The van der Waals surface area contributed by atoms with E-state index in [9.17, 15) is 15.0 Å². The molecule has 0 aromatic heterocycles. The molecule has 4 N–H and O–H groups in total. The zero-order valence-corrected chi connectivity index (χ0v) is 12.3. The Balaban J connectivity index is 1.96. The molecule has 0 bridgehead atoms. The molecule has 4 atom stereocenters. The Morgan fingerprint density at radius 1 is 1.43 bits per heavy atom. The van der Waals surface area contributed by atoms with Gasteiger partial charge in [0.25, 0.3) is 0 Å². The molecule has 2 rings (SSSR count). The first kappa shape index (κ1) is 15.9. The van der Waals surface area contributed by atoms with Gasteiger partial charge in [-0.05, 0) is 30.9 Å². The highest BCUT2D eigenvalue weighted by molar-refractivity contribution is 5.82. The number of aliphatic hydroxyl groups excluding tert-OH is 2. The van der Waals surface area contributed by atoms with E-state index in [0.29, 0.717) is 11.5 Å².